The van der Waals surface area contributed by atoms with Gasteiger partial charge in [-0.05, 0) is 37.1 Å². The normalized spacial score (nSPS) is 15.0. The Hall–Kier alpha value is -2.04. The highest BCUT2D eigenvalue weighted by molar-refractivity contribution is 5.91. The molecular formula is C17H25N3O2. The number of carbonyl (C=O) groups is 2. The molecule has 1 aliphatic rings. The molecule has 2 N–H and O–H groups in total. The zero-order valence-corrected chi connectivity index (χ0v) is 13.2. The zero-order chi connectivity index (χ0) is 15.8. The number of nitrogens with zero attached hydrogens (tertiary/aromatic N) is 1. The molecule has 1 fully saturated rings. The fourth-order valence-corrected chi connectivity index (χ4v) is 2.66. The summed E-state index contributed by atoms with van der Waals surface area (Å²) in [6, 6.07) is 8.01. The van der Waals surface area contributed by atoms with Crippen LogP contribution in [0.5, 0.6) is 0 Å². The minimum atomic E-state index is -0.116. The summed E-state index contributed by atoms with van der Waals surface area (Å²) in [5, 5.41) is 5.46. The van der Waals surface area contributed by atoms with Crippen molar-refractivity contribution in [2.24, 2.45) is 0 Å². The van der Waals surface area contributed by atoms with Crippen molar-refractivity contribution in [2.75, 3.05) is 29.9 Å². The molecule has 0 radical (unpaired) electrons. The topological polar surface area (TPSA) is 61.4 Å². The monoisotopic (exact) mass is 303 g/mol. The van der Waals surface area contributed by atoms with E-state index >= 15 is 0 Å². The molecule has 2 rings (SSSR count). The van der Waals surface area contributed by atoms with E-state index in [0.29, 0.717) is 6.54 Å². The number of hydrogen-bond acceptors (Lipinski definition) is 3. The predicted molar refractivity (Wildman–Crippen MR) is 89.1 cm³/mol. The van der Waals surface area contributed by atoms with Crippen molar-refractivity contribution >= 4 is 23.2 Å². The molecule has 1 heterocycles. The van der Waals surface area contributed by atoms with Gasteiger partial charge in [-0.25, -0.2) is 0 Å². The maximum Gasteiger partial charge on any atom is 0.226 e. The summed E-state index contributed by atoms with van der Waals surface area (Å²) in [7, 11) is 0. The van der Waals surface area contributed by atoms with Crippen LogP contribution < -0.4 is 15.5 Å². The third-order valence-corrected chi connectivity index (χ3v) is 3.85. The maximum atomic E-state index is 11.8. The van der Waals surface area contributed by atoms with Gasteiger partial charge in [0.2, 0.25) is 11.8 Å². The van der Waals surface area contributed by atoms with Crippen molar-refractivity contribution in [1.82, 2.24) is 5.32 Å². The number of amides is 2. The van der Waals surface area contributed by atoms with E-state index in [2.05, 4.69) is 27.7 Å². The van der Waals surface area contributed by atoms with Crippen LogP contribution in [0.15, 0.2) is 24.3 Å². The molecule has 0 aromatic heterocycles. The first kappa shape index (κ1) is 16.3. The fraction of sp³-hybridized carbons (Fsp3) is 0.529. The first-order valence-electron chi connectivity index (χ1n) is 8.04. The molecule has 0 unspecified atom stereocenters. The van der Waals surface area contributed by atoms with E-state index < -0.39 is 0 Å². The summed E-state index contributed by atoms with van der Waals surface area (Å²) in [6.45, 7) is 4.04. The number of rotatable bonds is 5. The molecule has 0 bridgehead atoms. The summed E-state index contributed by atoms with van der Waals surface area (Å²) in [5.41, 5.74) is 2.02. The van der Waals surface area contributed by atoms with Gasteiger partial charge in [0.1, 0.15) is 0 Å². The van der Waals surface area contributed by atoms with E-state index in [-0.39, 0.29) is 18.2 Å². The third kappa shape index (κ3) is 5.39. The number of anilines is 2. The molecule has 5 heteroatoms. The molecule has 1 saturated heterocycles. The molecule has 1 aromatic carbocycles. The second kappa shape index (κ2) is 8.41. The Morgan fingerprint density at radius 2 is 1.68 bits per heavy atom. The largest absolute Gasteiger partial charge is 0.372 e. The third-order valence-electron chi connectivity index (χ3n) is 3.85. The van der Waals surface area contributed by atoms with Gasteiger partial charge in [0, 0.05) is 44.4 Å². The number of carbonyl (C=O) groups excluding carboxylic acids is 2. The van der Waals surface area contributed by atoms with Gasteiger partial charge in [-0.1, -0.05) is 12.8 Å². The standard InChI is InChI=1S/C17H25N3O2/c1-14(21)18-11-10-17(22)19-15-6-8-16(9-7-15)20-12-4-2-3-5-13-20/h6-9H,2-5,10-13H2,1H3,(H,18,21)(H,19,22). The highest BCUT2D eigenvalue weighted by atomic mass is 16.2. The van der Waals surface area contributed by atoms with Crippen LogP contribution in [0.2, 0.25) is 0 Å². The van der Waals surface area contributed by atoms with Crippen molar-refractivity contribution in [1.29, 1.82) is 0 Å². The van der Waals surface area contributed by atoms with Gasteiger partial charge in [-0.15, -0.1) is 0 Å². The van der Waals surface area contributed by atoms with E-state index in [0.717, 1.165) is 18.8 Å². The van der Waals surface area contributed by atoms with Crippen LogP contribution >= 0.6 is 0 Å². The SMILES string of the molecule is CC(=O)NCCC(=O)Nc1ccc(N2CCCCCC2)cc1. The molecule has 120 valence electrons. The Morgan fingerprint density at radius 1 is 1.05 bits per heavy atom. The zero-order valence-electron chi connectivity index (χ0n) is 13.2. The first-order chi connectivity index (χ1) is 10.6. The summed E-state index contributed by atoms with van der Waals surface area (Å²) in [4.78, 5) is 24.9. The van der Waals surface area contributed by atoms with Crippen molar-refractivity contribution in [3.05, 3.63) is 24.3 Å². The highest BCUT2D eigenvalue weighted by Gasteiger charge is 2.10. The second-order valence-electron chi connectivity index (χ2n) is 5.73. The van der Waals surface area contributed by atoms with Crippen LogP contribution in [0.4, 0.5) is 11.4 Å². The van der Waals surface area contributed by atoms with Crippen molar-refractivity contribution in [3.8, 4) is 0 Å². The van der Waals surface area contributed by atoms with Crippen molar-refractivity contribution in [3.63, 3.8) is 0 Å². The van der Waals surface area contributed by atoms with E-state index in [1.54, 1.807) is 0 Å². The Balaban J connectivity index is 1.83. The van der Waals surface area contributed by atoms with Crippen LogP contribution in [0.25, 0.3) is 0 Å². The average molecular weight is 303 g/mol. The lowest BCUT2D eigenvalue weighted by Gasteiger charge is -2.22. The summed E-state index contributed by atoms with van der Waals surface area (Å²) in [5.74, 6) is -0.203. The quantitative estimate of drug-likeness (QED) is 0.878. The maximum absolute atomic E-state index is 11.8. The Morgan fingerprint density at radius 3 is 2.27 bits per heavy atom. The van der Waals surface area contributed by atoms with Gasteiger partial charge in [0.25, 0.3) is 0 Å². The lowest BCUT2D eigenvalue weighted by molar-refractivity contribution is -0.119. The van der Waals surface area contributed by atoms with Crippen molar-refractivity contribution in [2.45, 2.75) is 39.0 Å². The molecule has 1 aliphatic heterocycles. The molecule has 5 nitrogen and oxygen atoms in total. The van der Waals surface area contributed by atoms with E-state index in [9.17, 15) is 9.59 Å². The van der Waals surface area contributed by atoms with Gasteiger partial charge < -0.3 is 15.5 Å². The Bertz CT molecular complexity index is 491. The smallest absolute Gasteiger partial charge is 0.226 e. The summed E-state index contributed by atoms with van der Waals surface area (Å²) >= 11 is 0. The summed E-state index contributed by atoms with van der Waals surface area (Å²) < 4.78 is 0. The first-order valence-corrected chi connectivity index (χ1v) is 8.04. The van der Waals surface area contributed by atoms with E-state index in [1.165, 1.54) is 38.3 Å². The Labute approximate surface area is 132 Å². The minimum absolute atomic E-state index is 0.0868. The van der Waals surface area contributed by atoms with Crippen molar-refractivity contribution < 1.29 is 9.59 Å². The van der Waals surface area contributed by atoms with Crippen LogP contribution in [0.3, 0.4) is 0 Å². The van der Waals surface area contributed by atoms with Gasteiger partial charge in [-0.2, -0.15) is 0 Å². The number of nitrogens with one attached hydrogen (secondary N) is 2. The fourth-order valence-electron chi connectivity index (χ4n) is 2.66. The summed E-state index contributed by atoms with van der Waals surface area (Å²) in [6.07, 6.45) is 5.43. The van der Waals surface area contributed by atoms with E-state index in [1.807, 2.05) is 12.1 Å². The van der Waals surface area contributed by atoms with Gasteiger partial charge in [0.15, 0.2) is 0 Å². The van der Waals surface area contributed by atoms with Gasteiger partial charge >= 0.3 is 0 Å². The molecule has 22 heavy (non-hydrogen) atoms. The highest BCUT2D eigenvalue weighted by Crippen LogP contribution is 2.21. The van der Waals surface area contributed by atoms with Crippen LogP contribution in [0.1, 0.15) is 39.0 Å². The number of benzene rings is 1. The molecule has 0 spiro atoms. The molecule has 0 saturated carbocycles. The second-order valence-corrected chi connectivity index (χ2v) is 5.73. The van der Waals surface area contributed by atoms with Gasteiger partial charge in [0.05, 0.1) is 0 Å². The molecule has 0 atom stereocenters. The lowest BCUT2D eigenvalue weighted by atomic mass is 10.2. The van der Waals surface area contributed by atoms with Crippen LogP contribution in [-0.4, -0.2) is 31.4 Å². The van der Waals surface area contributed by atoms with Crippen LogP contribution in [-0.2, 0) is 9.59 Å². The minimum Gasteiger partial charge on any atom is -0.372 e. The molecular weight excluding hydrogens is 278 g/mol. The van der Waals surface area contributed by atoms with E-state index in [4.69, 9.17) is 0 Å². The van der Waals surface area contributed by atoms with Crippen LogP contribution in [0, 0.1) is 0 Å². The predicted octanol–water partition coefficient (Wildman–Crippen LogP) is 2.53. The Kier molecular flexibility index (Phi) is 6.25. The molecule has 1 aromatic rings. The molecule has 2 amide bonds. The number of hydrogen-bond donors (Lipinski definition) is 2. The average Bonchev–Trinajstić information content (AvgIpc) is 2.77. The lowest BCUT2D eigenvalue weighted by Crippen LogP contribution is -2.25. The van der Waals surface area contributed by atoms with Gasteiger partial charge in [-0.3, -0.25) is 9.59 Å². The molecule has 0 aliphatic carbocycles.